The summed E-state index contributed by atoms with van der Waals surface area (Å²) in [5.41, 5.74) is 6.84. The molecule has 2 N–H and O–H groups in total. The van der Waals surface area contributed by atoms with Crippen LogP contribution in [0.3, 0.4) is 0 Å². The summed E-state index contributed by atoms with van der Waals surface area (Å²) in [6.45, 7) is -0.300. The first-order valence-electron chi connectivity index (χ1n) is 6.18. The number of hydrogen-bond donors (Lipinski definition) is 1. The van der Waals surface area contributed by atoms with Gasteiger partial charge in [0.25, 0.3) is 0 Å². The first kappa shape index (κ1) is 14.0. The van der Waals surface area contributed by atoms with Crippen LogP contribution >= 0.6 is 0 Å². The first-order chi connectivity index (χ1) is 9.08. The average molecular weight is 272 g/mol. The van der Waals surface area contributed by atoms with Crippen molar-refractivity contribution < 1.29 is 18.3 Å². The molecule has 106 valence electrons. The first-order valence-corrected chi connectivity index (χ1v) is 6.18. The molecule has 1 aromatic carbocycles. The van der Waals surface area contributed by atoms with Crippen LogP contribution in [-0.4, -0.2) is 37.8 Å². The van der Waals surface area contributed by atoms with Crippen LogP contribution in [0.15, 0.2) is 18.2 Å². The molecule has 1 saturated heterocycles. The van der Waals surface area contributed by atoms with Gasteiger partial charge in [-0.05, 0) is 24.1 Å². The van der Waals surface area contributed by atoms with Crippen LogP contribution in [0.1, 0.15) is 12.0 Å². The number of likely N-dealkylation sites (tertiary alicyclic amines) is 1. The fraction of sp³-hybridized carbons (Fsp3) is 0.538. The van der Waals surface area contributed by atoms with E-state index in [4.69, 9.17) is 10.5 Å². The third-order valence-corrected chi connectivity index (χ3v) is 3.16. The second-order valence-corrected chi connectivity index (χ2v) is 4.65. The van der Waals surface area contributed by atoms with E-state index in [1.54, 1.807) is 12.1 Å². The minimum Gasteiger partial charge on any atom is -0.493 e. The molecule has 1 atom stereocenters. The molecule has 0 saturated carbocycles. The Balaban J connectivity index is 2.06. The lowest BCUT2D eigenvalue weighted by Crippen LogP contribution is -2.26. The van der Waals surface area contributed by atoms with Gasteiger partial charge in [0.1, 0.15) is 0 Å². The van der Waals surface area contributed by atoms with E-state index in [9.17, 15) is 8.78 Å². The Morgan fingerprint density at radius 1 is 1.42 bits per heavy atom. The standard InChI is InChI=1S/C13H18F2N2O2/c1-18-12-6-9(2-3-11(12)19-13(14)15)7-17-5-4-10(16)8-17/h2-3,6,10,13H,4-5,7-8,16H2,1H3/t10-/m0/s1. The van der Waals surface area contributed by atoms with Crippen LogP contribution in [-0.2, 0) is 6.54 Å². The van der Waals surface area contributed by atoms with E-state index < -0.39 is 6.61 Å². The number of hydrogen-bond acceptors (Lipinski definition) is 4. The lowest BCUT2D eigenvalue weighted by Gasteiger charge is -2.17. The van der Waals surface area contributed by atoms with E-state index in [-0.39, 0.29) is 11.8 Å². The van der Waals surface area contributed by atoms with Gasteiger partial charge in [0.15, 0.2) is 11.5 Å². The molecule has 6 heteroatoms. The highest BCUT2D eigenvalue weighted by Crippen LogP contribution is 2.30. The Bertz CT molecular complexity index is 429. The maximum atomic E-state index is 12.2. The maximum absolute atomic E-state index is 12.2. The zero-order chi connectivity index (χ0) is 13.8. The van der Waals surface area contributed by atoms with Gasteiger partial charge in [-0.25, -0.2) is 0 Å². The van der Waals surface area contributed by atoms with Crippen LogP contribution in [0.5, 0.6) is 11.5 Å². The lowest BCUT2D eigenvalue weighted by atomic mass is 10.2. The molecule has 1 heterocycles. The van der Waals surface area contributed by atoms with E-state index in [2.05, 4.69) is 9.64 Å². The van der Waals surface area contributed by atoms with Crippen molar-refractivity contribution in [1.82, 2.24) is 4.90 Å². The fourth-order valence-corrected chi connectivity index (χ4v) is 2.27. The van der Waals surface area contributed by atoms with Gasteiger partial charge in [-0.2, -0.15) is 8.78 Å². The number of benzene rings is 1. The van der Waals surface area contributed by atoms with E-state index in [0.29, 0.717) is 5.75 Å². The Morgan fingerprint density at radius 3 is 2.79 bits per heavy atom. The largest absolute Gasteiger partial charge is 0.493 e. The van der Waals surface area contributed by atoms with Gasteiger partial charge < -0.3 is 15.2 Å². The van der Waals surface area contributed by atoms with Crippen molar-refractivity contribution in [3.63, 3.8) is 0 Å². The van der Waals surface area contributed by atoms with Gasteiger partial charge in [0.2, 0.25) is 0 Å². The Kier molecular flexibility index (Phi) is 4.55. The second kappa shape index (κ2) is 6.16. The van der Waals surface area contributed by atoms with E-state index in [1.165, 1.54) is 13.2 Å². The summed E-state index contributed by atoms with van der Waals surface area (Å²) in [7, 11) is 1.43. The summed E-state index contributed by atoms with van der Waals surface area (Å²) in [6.07, 6.45) is 0.990. The van der Waals surface area contributed by atoms with Crippen LogP contribution < -0.4 is 15.2 Å². The summed E-state index contributed by atoms with van der Waals surface area (Å²) in [4.78, 5) is 2.23. The molecule has 0 aliphatic carbocycles. The van der Waals surface area contributed by atoms with Crippen molar-refractivity contribution >= 4 is 0 Å². The summed E-state index contributed by atoms with van der Waals surface area (Å²) in [6, 6.07) is 5.23. The fourth-order valence-electron chi connectivity index (χ4n) is 2.27. The Morgan fingerprint density at radius 2 is 2.21 bits per heavy atom. The molecule has 2 rings (SSSR count). The normalized spacial score (nSPS) is 19.9. The molecular weight excluding hydrogens is 254 g/mol. The number of halogens is 2. The van der Waals surface area contributed by atoms with Gasteiger partial charge >= 0.3 is 6.61 Å². The Hall–Kier alpha value is -1.40. The van der Waals surface area contributed by atoms with Crippen LogP contribution in [0.25, 0.3) is 0 Å². The van der Waals surface area contributed by atoms with Gasteiger partial charge in [-0.3, -0.25) is 4.90 Å². The monoisotopic (exact) mass is 272 g/mol. The molecule has 0 unspecified atom stereocenters. The predicted molar refractivity (Wildman–Crippen MR) is 67.5 cm³/mol. The van der Waals surface area contributed by atoms with E-state index in [0.717, 1.165) is 31.6 Å². The number of rotatable bonds is 5. The zero-order valence-corrected chi connectivity index (χ0v) is 10.8. The molecule has 1 fully saturated rings. The smallest absolute Gasteiger partial charge is 0.387 e. The van der Waals surface area contributed by atoms with Crippen molar-refractivity contribution in [1.29, 1.82) is 0 Å². The molecule has 1 aromatic rings. The topological polar surface area (TPSA) is 47.7 Å². The highest BCUT2D eigenvalue weighted by atomic mass is 19.3. The summed E-state index contributed by atoms with van der Waals surface area (Å²) < 4.78 is 33.9. The summed E-state index contributed by atoms with van der Waals surface area (Å²) in [5.74, 6) is 0.376. The third-order valence-electron chi connectivity index (χ3n) is 3.16. The highest BCUT2D eigenvalue weighted by molar-refractivity contribution is 5.43. The maximum Gasteiger partial charge on any atom is 0.387 e. The molecule has 0 amide bonds. The van der Waals surface area contributed by atoms with Crippen LogP contribution in [0, 0.1) is 0 Å². The van der Waals surface area contributed by atoms with Crippen LogP contribution in [0.4, 0.5) is 8.78 Å². The van der Waals surface area contributed by atoms with Crippen molar-refractivity contribution in [2.45, 2.75) is 25.6 Å². The quantitative estimate of drug-likeness (QED) is 0.888. The summed E-state index contributed by atoms with van der Waals surface area (Å²) in [5, 5.41) is 0. The van der Waals surface area contributed by atoms with E-state index >= 15 is 0 Å². The SMILES string of the molecule is COc1cc(CN2CC[C@H](N)C2)ccc1OC(F)F. The van der Waals surface area contributed by atoms with Crippen LogP contribution in [0.2, 0.25) is 0 Å². The second-order valence-electron chi connectivity index (χ2n) is 4.65. The zero-order valence-electron chi connectivity index (χ0n) is 10.8. The molecule has 19 heavy (non-hydrogen) atoms. The molecule has 4 nitrogen and oxygen atoms in total. The average Bonchev–Trinajstić information content (AvgIpc) is 2.76. The number of methoxy groups -OCH3 is 1. The van der Waals surface area contributed by atoms with Gasteiger partial charge in [-0.15, -0.1) is 0 Å². The number of nitrogens with zero attached hydrogens (tertiary/aromatic N) is 1. The molecule has 1 aliphatic rings. The van der Waals surface area contributed by atoms with Gasteiger partial charge in [0.05, 0.1) is 7.11 Å². The molecular formula is C13H18F2N2O2. The predicted octanol–water partition coefficient (Wildman–Crippen LogP) is 1.83. The molecule has 0 aromatic heterocycles. The summed E-state index contributed by atoms with van der Waals surface area (Å²) >= 11 is 0. The Labute approximate surface area is 111 Å². The molecule has 0 spiro atoms. The van der Waals surface area contributed by atoms with Crippen molar-refractivity contribution in [3.05, 3.63) is 23.8 Å². The van der Waals surface area contributed by atoms with Crippen molar-refractivity contribution in [2.75, 3.05) is 20.2 Å². The van der Waals surface area contributed by atoms with Crippen molar-refractivity contribution in [2.24, 2.45) is 5.73 Å². The van der Waals surface area contributed by atoms with Gasteiger partial charge in [-0.1, -0.05) is 6.07 Å². The number of alkyl halides is 2. The lowest BCUT2D eigenvalue weighted by molar-refractivity contribution is -0.0512. The molecule has 0 radical (unpaired) electrons. The number of ether oxygens (including phenoxy) is 2. The van der Waals surface area contributed by atoms with E-state index in [1.807, 2.05) is 0 Å². The number of nitrogens with two attached hydrogens (primary N) is 1. The van der Waals surface area contributed by atoms with Gasteiger partial charge in [0, 0.05) is 25.7 Å². The van der Waals surface area contributed by atoms with Crippen molar-refractivity contribution in [3.8, 4) is 11.5 Å². The third kappa shape index (κ3) is 3.78. The minimum absolute atomic E-state index is 0.0550. The highest BCUT2D eigenvalue weighted by Gasteiger charge is 2.19. The minimum atomic E-state index is -2.85. The molecule has 1 aliphatic heterocycles. The molecule has 0 bridgehead atoms.